The molecule has 212 valence electrons. The van der Waals surface area contributed by atoms with Gasteiger partial charge in [0.1, 0.15) is 0 Å². The van der Waals surface area contributed by atoms with Gasteiger partial charge in [0.2, 0.25) is 5.95 Å². The first kappa shape index (κ1) is 29.2. The van der Waals surface area contributed by atoms with Crippen molar-refractivity contribution in [3.63, 3.8) is 0 Å². The van der Waals surface area contributed by atoms with Gasteiger partial charge in [-0.05, 0) is 86.3 Å². The average molecular weight is 552 g/mol. The summed E-state index contributed by atoms with van der Waals surface area (Å²) in [7, 11) is 0. The van der Waals surface area contributed by atoms with Crippen LogP contribution in [0.5, 0.6) is 0 Å². The Morgan fingerprint density at radius 3 is 2.30 bits per heavy atom. The molecule has 1 N–H and O–H groups in total. The zero-order valence-corrected chi connectivity index (χ0v) is 23.4. The van der Waals surface area contributed by atoms with E-state index in [4.69, 9.17) is 0 Å². The topological polar surface area (TPSA) is 71.8 Å². The summed E-state index contributed by atoms with van der Waals surface area (Å²) in [6, 6.07) is 15.2. The van der Waals surface area contributed by atoms with Crippen molar-refractivity contribution in [3.8, 4) is 17.1 Å². The molecule has 0 aliphatic heterocycles. The molecule has 40 heavy (non-hydrogen) atoms. The normalized spacial score (nSPS) is 15.2. The molecule has 0 saturated heterocycles. The number of aromatic nitrogens is 5. The quantitative estimate of drug-likeness (QED) is 0.247. The molecule has 3 aromatic heterocycles. The van der Waals surface area contributed by atoms with E-state index in [9.17, 15) is 13.2 Å². The van der Waals surface area contributed by atoms with Crippen molar-refractivity contribution in [1.29, 1.82) is 0 Å². The summed E-state index contributed by atoms with van der Waals surface area (Å²) in [6.45, 7) is 10.4. The molecule has 1 atom stereocenters. The van der Waals surface area contributed by atoms with E-state index < -0.39 is 12.0 Å². The number of hydrogen-bond donors (Lipinski definition) is 1. The molecule has 1 aliphatic rings. The lowest BCUT2D eigenvalue weighted by Crippen LogP contribution is -2.35. The molecule has 1 aliphatic carbocycles. The minimum absolute atomic E-state index is 0.0497. The second kappa shape index (κ2) is 13.0. The van der Waals surface area contributed by atoms with Gasteiger partial charge >= 0.3 is 6.18 Å². The molecule has 0 radical (unpaired) electrons. The number of nitrogens with zero attached hydrogens (tertiary/aromatic N) is 6. The molecular formula is C30H36F3N7. The second-order valence-corrected chi connectivity index (χ2v) is 9.35. The van der Waals surface area contributed by atoms with E-state index in [2.05, 4.69) is 50.2 Å². The van der Waals surface area contributed by atoms with Gasteiger partial charge in [0, 0.05) is 29.7 Å². The van der Waals surface area contributed by atoms with Gasteiger partial charge in [-0.3, -0.25) is 4.98 Å². The minimum Gasteiger partial charge on any atom is -0.324 e. The van der Waals surface area contributed by atoms with Crippen LogP contribution in [0.2, 0.25) is 0 Å². The molecule has 7 nitrogen and oxygen atoms in total. The molecule has 0 amide bonds. The van der Waals surface area contributed by atoms with Crippen LogP contribution in [0.1, 0.15) is 57.5 Å². The molecule has 1 unspecified atom stereocenters. The van der Waals surface area contributed by atoms with Gasteiger partial charge in [-0.25, -0.2) is 4.98 Å². The Morgan fingerprint density at radius 1 is 0.925 bits per heavy atom. The summed E-state index contributed by atoms with van der Waals surface area (Å²) < 4.78 is 41.9. The third-order valence-corrected chi connectivity index (χ3v) is 7.07. The van der Waals surface area contributed by atoms with Crippen LogP contribution < -0.4 is 5.32 Å². The number of alkyl halides is 3. The number of benzene rings is 1. The van der Waals surface area contributed by atoms with Gasteiger partial charge in [-0.2, -0.15) is 22.8 Å². The van der Waals surface area contributed by atoms with E-state index in [1.165, 1.54) is 11.1 Å². The van der Waals surface area contributed by atoms with E-state index in [0.29, 0.717) is 17.4 Å². The lowest BCUT2D eigenvalue weighted by atomic mass is 10.0. The van der Waals surface area contributed by atoms with Crippen molar-refractivity contribution < 1.29 is 13.2 Å². The number of nitrogens with one attached hydrogen (secondary N) is 1. The summed E-state index contributed by atoms with van der Waals surface area (Å²) in [5, 5.41) is 6.85. The highest BCUT2D eigenvalue weighted by Gasteiger charge is 2.37. The van der Waals surface area contributed by atoms with Crippen molar-refractivity contribution in [2.24, 2.45) is 0 Å². The van der Waals surface area contributed by atoms with Crippen molar-refractivity contribution >= 4 is 11.6 Å². The Bertz CT molecular complexity index is 1380. The molecule has 1 aromatic carbocycles. The largest absolute Gasteiger partial charge is 0.453 e. The van der Waals surface area contributed by atoms with E-state index in [1.54, 1.807) is 42.7 Å². The van der Waals surface area contributed by atoms with Crippen molar-refractivity contribution in [3.05, 3.63) is 77.9 Å². The van der Waals surface area contributed by atoms with Gasteiger partial charge in [-0.1, -0.05) is 39.8 Å². The highest BCUT2D eigenvalue weighted by atomic mass is 19.4. The minimum atomic E-state index is -4.70. The molecule has 10 heteroatoms. The molecule has 3 heterocycles. The molecule has 0 fully saturated rings. The van der Waals surface area contributed by atoms with Gasteiger partial charge in [0.15, 0.2) is 5.82 Å². The lowest BCUT2D eigenvalue weighted by Gasteiger charge is -2.28. The van der Waals surface area contributed by atoms with Crippen LogP contribution in [0.25, 0.3) is 17.1 Å². The molecule has 0 saturated carbocycles. The van der Waals surface area contributed by atoms with Crippen LogP contribution in [0.15, 0.2) is 60.9 Å². The monoisotopic (exact) mass is 551 g/mol. The fraction of sp³-hybridized carbons (Fsp3) is 0.400. The van der Waals surface area contributed by atoms with Crippen molar-refractivity contribution in [1.82, 2.24) is 29.6 Å². The Labute approximate surface area is 233 Å². The van der Waals surface area contributed by atoms with Crippen molar-refractivity contribution in [2.75, 3.05) is 18.4 Å². The number of hydrogen-bond acceptors (Lipinski definition) is 6. The fourth-order valence-corrected chi connectivity index (χ4v) is 5.10. The maximum Gasteiger partial charge on any atom is 0.453 e. The third-order valence-electron chi connectivity index (χ3n) is 7.07. The van der Waals surface area contributed by atoms with Crippen LogP contribution in [0.3, 0.4) is 0 Å². The van der Waals surface area contributed by atoms with E-state index in [1.807, 2.05) is 26.0 Å². The van der Waals surface area contributed by atoms with Gasteiger partial charge in [0.25, 0.3) is 5.82 Å². The zero-order chi connectivity index (χ0) is 28.7. The highest BCUT2D eigenvalue weighted by molar-refractivity contribution is 5.61. The number of fused-ring (bicyclic) bond motifs is 1. The number of anilines is 2. The third kappa shape index (κ3) is 6.67. The van der Waals surface area contributed by atoms with E-state index in [-0.39, 0.29) is 11.8 Å². The van der Waals surface area contributed by atoms with Crippen LogP contribution >= 0.6 is 0 Å². The van der Waals surface area contributed by atoms with E-state index in [0.717, 1.165) is 49.0 Å². The molecular weight excluding hydrogens is 515 g/mol. The maximum absolute atomic E-state index is 13.6. The van der Waals surface area contributed by atoms with Gasteiger partial charge in [-0.15, -0.1) is 5.10 Å². The van der Waals surface area contributed by atoms with Crippen molar-refractivity contribution in [2.45, 2.75) is 65.6 Å². The Morgan fingerprint density at radius 2 is 1.62 bits per heavy atom. The Hall–Kier alpha value is -3.79. The smallest absolute Gasteiger partial charge is 0.324 e. The average Bonchev–Trinajstić information content (AvgIpc) is 3.30. The summed E-state index contributed by atoms with van der Waals surface area (Å²) in [6.07, 6.45) is 2.63. The van der Waals surface area contributed by atoms with Crippen LogP contribution in [-0.4, -0.2) is 48.8 Å². The zero-order valence-electron chi connectivity index (χ0n) is 23.4. The fourth-order valence-electron chi connectivity index (χ4n) is 5.10. The predicted molar refractivity (Wildman–Crippen MR) is 152 cm³/mol. The maximum atomic E-state index is 13.6. The highest BCUT2D eigenvalue weighted by Crippen LogP contribution is 2.31. The number of halogens is 3. The second-order valence-electron chi connectivity index (χ2n) is 9.35. The summed E-state index contributed by atoms with van der Waals surface area (Å²) in [4.78, 5) is 14.9. The number of rotatable bonds is 7. The first-order valence-corrected chi connectivity index (χ1v) is 13.9. The lowest BCUT2D eigenvalue weighted by molar-refractivity contribution is -0.144. The Balaban J connectivity index is 0.00000181. The summed E-state index contributed by atoms with van der Waals surface area (Å²) in [5.41, 5.74) is 4.55. The molecule has 4 aromatic rings. The first-order chi connectivity index (χ1) is 19.4. The molecule has 0 spiro atoms. The number of aryl methyl sites for hydroxylation is 2. The van der Waals surface area contributed by atoms with Gasteiger partial charge in [0.05, 0.1) is 5.69 Å². The van der Waals surface area contributed by atoms with E-state index >= 15 is 0 Å². The Kier molecular flexibility index (Phi) is 9.52. The van der Waals surface area contributed by atoms with Crippen LogP contribution in [-0.2, 0) is 19.0 Å². The molecule has 5 rings (SSSR count). The first-order valence-electron chi connectivity index (χ1n) is 13.9. The summed E-state index contributed by atoms with van der Waals surface area (Å²) >= 11 is 0. The van der Waals surface area contributed by atoms with Gasteiger partial charge < -0.3 is 10.2 Å². The SMILES string of the molecule is CC.CCN(CC)C1CCc2ccc(Nc3nc(C(F)(F)F)nn3-c3cccc(-c4ccncc4)n3)cc2CC1. The predicted octanol–water partition coefficient (Wildman–Crippen LogP) is 7.10. The molecule has 0 bridgehead atoms. The van der Waals surface area contributed by atoms with Crippen LogP contribution in [0.4, 0.5) is 24.8 Å². The standard InChI is InChI=1S/C28H30F3N7.C2H6/c1-3-37(4-2)23-12-9-19-8-11-22(18-21(19)10-13-23)33-27-35-26(28(29,30)31)36-38(27)25-7-5-6-24(34-25)20-14-16-32-17-15-20;1-2/h5-8,11,14-18,23H,3-4,9-10,12-13H2,1-2H3,(H,33,35,36);1-2H3. The number of pyridine rings is 2. The van der Waals surface area contributed by atoms with Crippen LogP contribution in [0, 0.1) is 0 Å². The summed E-state index contributed by atoms with van der Waals surface area (Å²) in [5.74, 6) is -1.05.